The van der Waals surface area contributed by atoms with Crippen LogP contribution < -0.4 is 4.80 Å². The summed E-state index contributed by atoms with van der Waals surface area (Å²) >= 11 is 1.52. The molecule has 0 spiro atoms. The van der Waals surface area contributed by atoms with Crippen molar-refractivity contribution in [3.05, 3.63) is 47.1 Å². The predicted octanol–water partition coefficient (Wildman–Crippen LogP) is 3.40. The lowest BCUT2D eigenvalue weighted by atomic mass is 10.1. The molecule has 1 N–H and O–H groups in total. The van der Waals surface area contributed by atoms with Gasteiger partial charge in [0.25, 0.3) is 0 Å². The highest BCUT2D eigenvalue weighted by Gasteiger charge is 2.07. The van der Waals surface area contributed by atoms with Crippen LogP contribution in [0.25, 0.3) is 11.3 Å². The molecule has 0 radical (unpaired) electrons. The average Bonchev–Trinajstić information content (AvgIpc) is 2.80. The minimum Gasteiger partial charge on any atom is -0.508 e. The van der Waals surface area contributed by atoms with Gasteiger partial charge in [-0.2, -0.15) is 5.10 Å². The van der Waals surface area contributed by atoms with E-state index in [1.165, 1.54) is 11.3 Å². The van der Waals surface area contributed by atoms with Gasteiger partial charge >= 0.3 is 0 Å². The highest BCUT2D eigenvalue weighted by atomic mass is 32.1. The Morgan fingerprint density at radius 3 is 2.90 bits per heavy atom. The van der Waals surface area contributed by atoms with E-state index >= 15 is 0 Å². The third-order valence-corrected chi connectivity index (χ3v) is 3.44. The van der Waals surface area contributed by atoms with Crippen molar-refractivity contribution in [2.75, 3.05) is 0 Å². The second-order valence-corrected chi connectivity index (χ2v) is 5.34. The molecule has 0 aliphatic heterocycles. The maximum atomic E-state index is 9.61. The Kier molecular flexibility index (Phi) is 4.53. The van der Waals surface area contributed by atoms with Gasteiger partial charge in [0, 0.05) is 23.2 Å². The molecule has 1 aromatic heterocycles. The van der Waals surface area contributed by atoms with Crippen LogP contribution in [-0.2, 0) is 6.54 Å². The highest BCUT2D eigenvalue weighted by molar-refractivity contribution is 7.07. The third-order valence-electron chi connectivity index (χ3n) is 2.59. The van der Waals surface area contributed by atoms with E-state index in [1.807, 2.05) is 42.0 Å². The van der Waals surface area contributed by atoms with Crippen molar-refractivity contribution in [1.82, 2.24) is 4.57 Å². The van der Waals surface area contributed by atoms with Crippen LogP contribution >= 0.6 is 11.3 Å². The van der Waals surface area contributed by atoms with Gasteiger partial charge in [0.05, 0.1) is 5.69 Å². The molecule has 104 valence electrons. The number of hydrogen-bond donors (Lipinski definition) is 1. The van der Waals surface area contributed by atoms with Crippen molar-refractivity contribution in [1.29, 1.82) is 0 Å². The smallest absolute Gasteiger partial charge is 0.211 e. The summed E-state index contributed by atoms with van der Waals surface area (Å²) in [5.41, 5.74) is 2.85. The molecule has 0 aliphatic carbocycles. The van der Waals surface area contributed by atoms with E-state index in [9.17, 15) is 5.11 Å². The zero-order chi connectivity index (χ0) is 14.5. The van der Waals surface area contributed by atoms with Gasteiger partial charge in [0.2, 0.25) is 4.80 Å². The molecule has 0 fully saturated rings. The first-order valence-corrected chi connectivity index (χ1v) is 7.13. The van der Waals surface area contributed by atoms with Crippen LogP contribution in [0.2, 0.25) is 0 Å². The minimum atomic E-state index is 0.250. The van der Waals surface area contributed by atoms with E-state index in [2.05, 4.69) is 16.8 Å². The molecule has 2 rings (SSSR count). The monoisotopic (exact) mass is 287 g/mol. The average molecular weight is 287 g/mol. The molecule has 20 heavy (non-hydrogen) atoms. The Morgan fingerprint density at radius 2 is 2.25 bits per heavy atom. The molecule has 1 heterocycles. The number of phenols is 1. The summed E-state index contributed by atoms with van der Waals surface area (Å²) in [7, 11) is 0. The van der Waals surface area contributed by atoms with Crippen LogP contribution in [0.5, 0.6) is 5.75 Å². The van der Waals surface area contributed by atoms with Gasteiger partial charge in [-0.25, -0.2) is 0 Å². The summed E-state index contributed by atoms with van der Waals surface area (Å²) in [4.78, 5) is 0.810. The molecule has 4 nitrogen and oxygen atoms in total. The number of aromatic hydroxyl groups is 1. The highest BCUT2D eigenvalue weighted by Crippen LogP contribution is 2.23. The second-order valence-electron chi connectivity index (χ2n) is 4.50. The summed E-state index contributed by atoms with van der Waals surface area (Å²) in [5, 5.41) is 20.0. The Hall–Kier alpha value is -2.14. The van der Waals surface area contributed by atoms with Crippen molar-refractivity contribution in [2.45, 2.75) is 20.4 Å². The van der Waals surface area contributed by atoms with E-state index in [4.69, 9.17) is 0 Å². The first-order chi connectivity index (χ1) is 9.61. The quantitative estimate of drug-likeness (QED) is 0.523. The number of rotatable bonds is 4. The maximum absolute atomic E-state index is 9.61. The number of aromatic nitrogens is 1. The number of thiazole rings is 1. The molecule has 1 aromatic carbocycles. The predicted molar refractivity (Wildman–Crippen MR) is 84.0 cm³/mol. The lowest BCUT2D eigenvalue weighted by Gasteiger charge is -2.06. The minimum absolute atomic E-state index is 0.250. The van der Waals surface area contributed by atoms with E-state index in [0.29, 0.717) is 6.54 Å². The summed E-state index contributed by atoms with van der Waals surface area (Å²) in [6, 6.07) is 7.18. The van der Waals surface area contributed by atoms with Gasteiger partial charge in [-0.3, -0.25) is 0 Å². The number of phenolic OH excluding ortho intramolecular Hbond substituents is 1. The normalized spacial score (nSPS) is 11.4. The van der Waals surface area contributed by atoms with Gasteiger partial charge in [-0.05, 0) is 26.0 Å². The van der Waals surface area contributed by atoms with E-state index < -0.39 is 0 Å². The summed E-state index contributed by atoms with van der Waals surface area (Å²) in [6.45, 7) is 8.24. The van der Waals surface area contributed by atoms with Gasteiger partial charge < -0.3 is 9.67 Å². The van der Waals surface area contributed by atoms with Gasteiger partial charge in [0.15, 0.2) is 0 Å². The molecule has 0 unspecified atom stereocenters. The van der Waals surface area contributed by atoms with Crippen molar-refractivity contribution in [3.63, 3.8) is 0 Å². The number of benzene rings is 1. The van der Waals surface area contributed by atoms with Crippen molar-refractivity contribution in [2.24, 2.45) is 10.2 Å². The maximum Gasteiger partial charge on any atom is 0.211 e. The van der Waals surface area contributed by atoms with Crippen LogP contribution in [-0.4, -0.2) is 15.4 Å². The fourth-order valence-corrected chi connectivity index (χ4v) is 2.62. The van der Waals surface area contributed by atoms with E-state index in [1.54, 1.807) is 12.1 Å². The number of hydrogen-bond acceptors (Lipinski definition) is 4. The number of nitrogens with zero attached hydrogens (tertiary/aromatic N) is 3. The first-order valence-electron chi connectivity index (χ1n) is 6.25. The van der Waals surface area contributed by atoms with Crippen LogP contribution in [0.1, 0.15) is 13.8 Å². The second kappa shape index (κ2) is 6.34. The first kappa shape index (κ1) is 14.3. The van der Waals surface area contributed by atoms with Crippen LogP contribution in [0.15, 0.2) is 52.5 Å². The van der Waals surface area contributed by atoms with Gasteiger partial charge in [-0.15, -0.1) is 23.0 Å². The third kappa shape index (κ3) is 3.24. The lowest BCUT2D eigenvalue weighted by molar-refractivity contribution is 0.475. The molecule has 0 atom stereocenters. The van der Waals surface area contributed by atoms with Crippen molar-refractivity contribution in [3.8, 4) is 17.0 Å². The zero-order valence-corrected chi connectivity index (χ0v) is 12.4. The molecule has 0 saturated heterocycles. The molecule has 0 saturated carbocycles. The molecule has 5 heteroatoms. The van der Waals surface area contributed by atoms with Crippen LogP contribution in [0.3, 0.4) is 0 Å². The Labute approximate surface area is 122 Å². The van der Waals surface area contributed by atoms with Gasteiger partial charge in [0.1, 0.15) is 5.75 Å². The number of allylic oxidation sites excluding steroid dienone is 1. The Balaban J connectivity index is 2.57. The topological polar surface area (TPSA) is 49.9 Å². The molecule has 0 amide bonds. The molecule has 2 aromatic rings. The zero-order valence-electron chi connectivity index (χ0n) is 11.6. The van der Waals surface area contributed by atoms with Crippen molar-refractivity contribution >= 4 is 17.0 Å². The summed E-state index contributed by atoms with van der Waals surface area (Å²) in [5.74, 6) is 0.250. The van der Waals surface area contributed by atoms with Crippen LogP contribution in [0, 0.1) is 0 Å². The lowest BCUT2D eigenvalue weighted by Crippen LogP contribution is -2.14. The molecular formula is C15H17N3OS. The van der Waals surface area contributed by atoms with E-state index in [0.717, 1.165) is 21.8 Å². The molecule has 0 bridgehead atoms. The Bertz CT molecular complexity index is 706. The fraction of sp³-hybridized carbons (Fsp3) is 0.200. The molecule has 0 aliphatic rings. The molecular weight excluding hydrogens is 270 g/mol. The van der Waals surface area contributed by atoms with Crippen LogP contribution in [0.4, 0.5) is 0 Å². The van der Waals surface area contributed by atoms with Gasteiger partial charge in [-0.1, -0.05) is 18.2 Å². The van der Waals surface area contributed by atoms with Crippen molar-refractivity contribution < 1.29 is 5.11 Å². The van der Waals surface area contributed by atoms with E-state index in [-0.39, 0.29) is 5.75 Å². The summed E-state index contributed by atoms with van der Waals surface area (Å²) < 4.78 is 2.03. The Morgan fingerprint density at radius 1 is 1.45 bits per heavy atom. The SMILES string of the molecule is C=CCn1c(-c2cccc(O)c2)cs/c1=N\N=C(C)C. The summed E-state index contributed by atoms with van der Waals surface area (Å²) in [6.07, 6.45) is 1.82. The fourth-order valence-electron chi connectivity index (χ4n) is 1.75. The standard InChI is InChI=1S/C15H17N3OS/c1-4-8-18-14(12-6-5-7-13(19)9-12)10-20-15(18)17-16-11(2)3/h4-7,9-10,19H,1,8H2,2-3H3/b17-15-. The largest absolute Gasteiger partial charge is 0.508 e.